The summed E-state index contributed by atoms with van der Waals surface area (Å²) in [4.78, 5) is 28.0. The van der Waals surface area contributed by atoms with Gasteiger partial charge in [-0.05, 0) is 38.1 Å². The van der Waals surface area contributed by atoms with Gasteiger partial charge in [0, 0.05) is 32.8 Å². The molecule has 1 aliphatic carbocycles. The van der Waals surface area contributed by atoms with Crippen LogP contribution >= 0.6 is 0 Å². The molecule has 2 amide bonds. The van der Waals surface area contributed by atoms with Crippen LogP contribution in [0.4, 0.5) is 0 Å². The van der Waals surface area contributed by atoms with E-state index in [9.17, 15) is 9.59 Å². The molecule has 2 saturated heterocycles. The van der Waals surface area contributed by atoms with Crippen LogP contribution in [0.25, 0.3) is 0 Å². The molecule has 118 valence electrons. The van der Waals surface area contributed by atoms with Gasteiger partial charge in [-0.1, -0.05) is 0 Å². The van der Waals surface area contributed by atoms with Crippen LogP contribution in [-0.4, -0.2) is 73.6 Å². The van der Waals surface area contributed by atoms with Gasteiger partial charge in [0.05, 0.1) is 6.54 Å². The number of carbonyl (C=O) groups excluding carboxylic acids is 2. The predicted molar refractivity (Wildman–Crippen MR) is 77.7 cm³/mol. The third-order valence-corrected chi connectivity index (χ3v) is 4.56. The van der Waals surface area contributed by atoms with Crippen molar-refractivity contribution < 1.29 is 14.3 Å². The van der Waals surface area contributed by atoms with Gasteiger partial charge in [-0.3, -0.25) is 9.59 Å². The summed E-state index contributed by atoms with van der Waals surface area (Å²) < 4.78 is 5.44. The number of carbonyl (C=O) groups is 2. The molecule has 0 spiro atoms. The van der Waals surface area contributed by atoms with E-state index >= 15 is 0 Å². The molecule has 0 aromatic heterocycles. The van der Waals surface area contributed by atoms with E-state index in [-0.39, 0.29) is 17.9 Å². The van der Waals surface area contributed by atoms with Crippen LogP contribution in [-0.2, 0) is 14.3 Å². The van der Waals surface area contributed by atoms with E-state index in [0.717, 1.165) is 25.3 Å². The maximum absolute atomic E-state index is 12.2. The van der Waals surface area contributed by atoms with E-state index in [1.54, 1.807) is 0 Å². The van der Waals surface area contributed by atoms with E-state index in [1.165, 1.54) is 12.8 Å². The number of hydrogen-bond donors (Lipinski definition) is 1. The number of nitrogens with zero attached hydrogens (tertiary/aromatic N) is 2. The van der Waals surface area contributed by atoms with Crippen LogP contribution in [0, 0.1) is 5.92 Å². The van der Waals surface area contributed by atoms with Crippen LogP contribution in [0.3, 0.4) is 0 Å². The summed E-state index contributed by atoms with van der Waals surface area (Å²) in [5.74, 6) is 1.05. The van der Waals surface area contributed by atoms with Crippen molar-refractivity contribution in [2.45, 2.75) is 31.8 Å². The first-order chi connectivity index (χ1) is 10.2. The molecule has 21 heavy (non-hydrogen) atoms. The van der Waals surface area contributed by atoms with Gasteiger partial charge in [0.25, 0.3) is 5.91 Å². The topological polar surface area (TPSA) is 61.9 Å². The number of piperazine rings is 1. The van der Waals surface area contributed by atoms with Crippen molar-refractivity contribution in [1.82, 2.24) is 15.1 Å². The minimum absolute atomic E-state index is 0.103. The smallest absolute Gasteiger partial charge is 0.251 e. The first kappa shape index (κ1) is 14.8. The minimum atomic E-state index is -0.243. The molecular formula is C15H25N3O3. The number of hydrogen-bond acceptors (Lipinski definition) is 4. The third kappa shape index (κ3) is 3.95. The molecule has 6 nitrogen and oxygen atoms in total. The number of ether oxygens (including phenoxy) is 1. The van der Waals surface area contributed by atoms with Crippen LogP contribution in [0.1, 0.15) is 25.7 Å². The Bertz CT molecular complexity index is 384. The van der Waals surface area contributed by atoms with E-state index in [1.807, 2.05) is 9.80 Å². The van der Waals surface area contributed by atoms with Gasteiger partial charge in [0.1, 0.15) is 6.10 Å². The van der Waals surface area contributed by atoms with Crippen LogP contribution in [0.2, 0.25) is 0 Å². The Hall–Kier alpha value is -1.14. The van der Waals surface area contributed by atoms with E-state index in [2.05, 4.69) is 5.32 Å². The van der Waals surface area contributed by atoms with Gasteiger partial charge in [-0.15, -0.1) is 0 Å². The molecule has 1 saturated carbocycles. The highest BCUT2D eigenvalue weighted by Gasteiger charge is 2.31. The highest BCUT2D eigenvalue weighted by atomic mass is 16.5. The molecule has 3 aliphatic rings. The van der Waals surface area contributed by atoms with Crippen molar-refractivity contribution in [2.75, 3.05) is 45.9 Å². The lowest BCUT2D eigenvalue weighted by atomic mass is 10.2. The van der Waals surface area contributed by atoms with E-state index in [0.29, 0.717) is 39.3 Å². The van der Waals surface area contributed by atoms with Crippen molar-refractivity contribution in [1.29, 1.82) is 0 Å². The predicted octanol–water partition coefficient (Wildman–Crippen LogP) is -0.164. The second-order valence-electron chi connectivity index (χ2n) is 6.28. The second kappa shape index (κ2) is 6.75. The molecule has 2 aliphatic heterocycles. The largest absolute Gasteiger partial charge is 0.368 e. The average molecular weight is 295 g/mol. The molecule has 2 heterocycles. The van der Waals surface area contributed by atoms with Crippen molar-refractivity contribution >= 4 is 11.8 Å². The lowest BCUT2D eigenvalue weighted by Crippen LogP contribution is -2.54. The second-order valence-corrected chi connectivity index (χ2v) is 6.28. The Morgan fingerprint density at radius 1 is 1.05 bits per heavy atom. The molecule has 1 unspecified atom stereocenters. The van der Waals surface area contributed by atoms with Crippen molar-refractivity contribution in [2.24, 2.45) is 5.92 Å². The van der Waals surface area contributed by atoms with Crippen molar-refractivity contribution in [3.05, 3.63) is 0 Å². The number of rotatable bonds is 5. The van der Waals surface area contributed by atoms with Crippen molar-refractivity contribution in [3.63, 3.8) is 0 Å². The normalized spacial score (nSPS) is 26.2. The third-order valence-electron chi connectivity index (χ3n) is 4.56. The Morgan fingerprint density at radius 2 is 1.76 bits per heavy atom. The lowest BCUT2D eigenvalue weighted by molar-refractivity contribution is -0.145. The van der Waals surface area contributed by atoms with E-state index < -0.39 is 0 Å². The summed E-state index contributed by atoms with van der Waals surface area (Å²) >= 11 is 0. The summed E-state index contributed by atoms with van der Waals surface area (Å²) in [6.07, 6.45) is 4.16. The summed E-state index contributed by atoms with van der Waals surface area (Å²) in [7, 11) is 0. The molecule has 0 bridgehead atoms. The molecule has 6 heteroatoms. The summed E-state index contributed by atoms with van der Waals surface area (Å²) in [6, 6.07) is 0. The summed E-state index contributed by atoms with van der Waals surface area (Å²) in [5.41, 5.74) is 0. The monoisotopic (exact) mass is 295 g/mol. The lowest BCUT2D eigenvalue weighted by Gasteiger charge is -2.35. The Labute approximate surface area is 125 Å². The molecule has 0 aromatic rings. The molecule has 1 N–H and O–H groups in total. The van der Waals surface area contributed by atoms with Crippen LogP contribution in [0.15, 0.2) is 0 Å². The summed E-state index contributed by atoms with van der Waals surface area (Å²) in [6.45, 7) is 4.63. The van der Waals surface area contributed by atoms with Gasteiger partial charge in [0.2, 0.25) is 5.91 Å². The Balaban J connectivity index is 1.37. The fourth-order valence-corrected chi connectivity index (χ4v) is 2.97. The van der Waals surface area contributed by atoms with Gasteiger partial charge in [0.15, 0.2) is 0 Å². The van der Waals surface area contributed by atoms with Gasteiger partial charge in [-0.25, -0.2) is 0 Å². The Kier molecular flexibility index (Phi) is 4.75. The SMILES string of the molecule is O=C(CNCC1CC1)N1CCN(C(=O)C2CCCO2)CC1. The average Bonchev–Trinajstić information content (AvgIpc) is 3.17. The fraction of sp³-hybridized carbons (Fsp3) is 0.867. The van der Waals surface area contributed by atoms with Crippen molar-refractivity contribution in [3.8, 4) is 0 Å². The molecule has 3 rings (SSSR count). The maximum atomic E-state index is 12.2. The van der Waals surface area contributed by atoms with E-state index in [4.69, 9.17) is 4.74 Å². The van der Waals surface area contributed by atoms with Gasteiger partial charge >= 0.3 is 0 Å². The van der Waals surface area contributed by atoms with Crippen LogP contribution in [0.5, 0.6) is 0 Å². The number of amides is 2. The molecule has 0 radical (unpaired) electrons. The minimum Gasteiger partial charge on any atom is -0.368 e. The van der Waals surface area contributed by atoms with Gasteiger partial charge in [-0.2, -0.15) is 0 Å². The van der Waals surface area contributed by atoms with Crippen LogP contribution < -0.4 is 5.32 Å². The first-order valence-corrected chi connectivity index (χ1v) is 8.13. The first-order valence-electron chi connectivity index (χ1n) is 8.13. The molecule has 3 fully saturated rings. The maximum Gasteiger partial charge on any atom is 0.251 e. The zero-order valence-corrected chi connectivity index (χ0v) is 12.6. The quantitative estimate of drug-likeness (QED) is 0.765. The zero-order chi connectivity index (χ0) is 14.7. The zero-order valence-electron chi connectivity index (χ0n) is 12.6. The molecule has 0 aromatic carbocycles. The standard InChI is InChI=1S/C15H25N3O3/c19-14(11-16-10-12-3-4-12)17-5-7-18(8-6-17)15(20)13-2-1-9-21-13/h12-13,16H,1-11H2. The Morgan fingerprint density at radius 3 is 2.38 bits per heavy atom. The summed E-state index contributed by atoms with van der Waals surface area (Å²) in [5, 5.41) is 3.23. The molecular weight excluding hydrogens is 270 g/mol. The highest BCUT2D eigenvalue weighted by Crippen LogP contribution is 2.27. The fourth-order valence-electron chi connectivity index (χ4n) is 2.97. The number of nitrogens with one attached hydrogen (secondary N) is 1. The highest BCUT2D eigenvalue weighted by molar-refractivity contribution is 5.82. The molecule has 1 atom stereocenters. The van der Waals surface area contributed by atoms with Gasteiger partial charge < -0.3 is 19.9 Å².